The Morgan fingerprint density at radius 1 is 1.19 bits per heavy atom. The van der Waals surface area contributed by atoms with Crippen LogP contribution in [0.25, 0.3) is 0 Å². The van der Waals surface area contributed by atoms with Gasteiger partial charge in [-0.05, 0) is 37.1 Å². The Kier molecular flexibility index (Phi) is 6.98. The van der Waals surface area contributed by atoms with Gasteiger partial charge in [-0.3, -0.25) is 0 Å². The molecule has 0 aliphatic heterocycles. The summed E-state index contributed by atoms with van der Waals surface area (Å²) in [6, 6.07) is 7.11. The van der Waals surface area contributed by atoms with Gasteiger partial charge < -0.3 is 15.2 Å². The zero-order chi connectivity index (χ0) is 15.9. The summed E-state index contributed by atoms with van der Waals surface area (Å²) < 4.78 is 41.4. The molecule has 1 aromatic carbocycles. The Morgan fingerprint density at radius 2 is 1.81 bits per heavy atom. The van der Waals surface area contributed by atoms with Crippen molar-refractivity contribution in [3.8, 4) is 5.75 Å². The number of aliphatic hydroxyl groups is 1. The van der Waals surface area contributed by atoms with Crippen LogP contribution in [0.5, 0.6) is 5.75 Å². The van der Waals surface area contributed by atoms with E-state index in [2.05, 4.69) is 19.2 Å². The van der Waals surface area contributed by atoms with Crippen molar-refractivity contribution in [2.45, 2.75) is 45.0 Å². The highest BCUT2D eigenvalue weighted by molar-refractivity contribution is 5.29. The first-order valence-electron chi connectivity index (χ1n) is 7.09. The Balaban J connectivity index is 2.57. The molecule has 6 heteroatoms. The third-order valence-electron chi connectivity index (χ3n) is 3.12. The summed E-state index contributed by atoms with van der Waals surface area (Å²) in [7, 11) is 0. The van der Waals surface area contributed by atoms with Gasteiger partial charge in [0.15, 0.2) is 6.10 Å². The highest BCUT2D eigenvalue weighted by Gasteiger charge is 2.38. The van der Waals surface area contributed by atoms with Crippen LogP contribution in [0.4, 0.5) is 13.2 Å². The third-order valence-corrected chi connectivity index (χ3v) is 3.12. The summed E-state index contributed by atoms with van der Waals surface area (Å²) in [5.74, 6) is 0.312. The van der Waals surface area contributed by atoms with Crippen LogP contribution in [0.3, 0.4) is 0 Å². The van der Waals surface area contributed by atoms with Crippen molar-refractivity contribution in [1.29, 1.82) is 0 Å². The summed E-state index contributed by atoms with van der Waals surface area (Å²) in [5.41, 5.74) is 1.06. The number of rotatable bonds is 8. The van der Waals surface area contributed by atoms with E-state index < -0.39 is 18.9 Å². The van der Waals surface area contributed by atoms with Crippen molar-refractivity contribution in [3.63, 3.8) is 0 Å². The average molecular weight is 305 g/mol. The van der Waals surface area contributed by atoms with Gasteiger partial charge in [-0.2, -0.15) is 13.2 Å². The fourth-order valence-corrected chi connectivity index (χ4v) is 1.88. The van der Waals surface area contributed by atoms with Crippen molar-refractivity contribution >= 4 is 0 Å². The smallest absolute Gasteiger partial charge is 0.417 e. The van der Waals surface area contributed by atoms with E-state index >= 15 is 0 Å². The number of aliphatic hydroxyl groups excluding tert-OH is 1. The molecule has 0 amide bonds. The van der Waals surface area contributed by atoms with E-state index in [-0.39, 0.29) is 6.04 Å². The first kappa shape index (κ1) is 17.8. The van der Waals surface area contributed by atoms with Crippen molar-refractivity contribution in [1.82, 2.24) is 5.32 Å². The third kappa shape index (κ3) is 5.93. The minimum absolute atomic E-state index is 0.222. The fourth-order valence-electron chi connectivity index (χ4n) is 1.88. The molecule has 3 nitrogen and oxygen atoms in total. The molecule has 1 rings (SSSR count). The lowest BCUT2D eigenvalue weighted by molar-refractivity contribution is -0.210. The summed E-state index contributed by atoms with van der Waals surface area (Å²) in [6.07, 6.45) is -5.16. The molecule has 2 unspecified atom stereocenters. The van der Waals surface area contributed by atoms with Crippen LogP contribution in [0.1, 0.15) is 38.3 Å². The van der Waals surface area contributed by atoms with Crippen LogP contribution < -0.4 is 10.1 Å². The zero-order valence-corrected chi connectivity index (χ0v) is 12.3. The normalized spacial score (nSPS) is 14.8. The van der Waals surface area contributed by atoms with Gasteiger partial charge in [0.25, 0.3) is 0 Å². The quantitative estimate of drug-likeness (QED) is 0.773. The van der Waals surface area contributed by atoms with Crippen molar-refractivity contribution < 1.29 is 23.0 Å². The maximum Gasteiger partial charge on any atom is 0.417 e. The van der Waals surface area contributed by atoms with E-state index in [4.69, 9.17) is 9.84 Å². The van der Waals surface area contributed by atoms with Gasteiger partial charge in [-0.25, -0.2) is 0 Å². The summed E-state index contributed by atoms with van der Waals surface area (Å²) in [5, 5.41) is 12.3. The van der Waals surface area contributed by atoms with Crippen LogP contribution in [-0.2, 0) is 0 Å². The SMILES string of the molecule is CCCNC(CC)c1ccc(OCC(O)C(F)(F)F)cc1. The largest absolute Gasteiger partial charge is 0.491 e. The molecule has 0 saturated heterocycles. The van der Waals surface area contributed by atoms with Crippen molar-refractivity contribution in [2.24, 2.45) is 0 Å². The summed E-state index contributed by atoms with van der Waals surface area (Å²) in [4.78, 5) is 0. The second kappa shape index (κ2) is 8.24. The topological polar surface area (TPSA) is 41.5 Å². The number of benzene rings is 1. The van der Waals surface area contributed by atoms with Crippen molar-refractivity contribution in [3.05, 3.63) is 29.8 Å². The molecule has 0 aliphatic rings. The number of hydrogen-bond donors (Lipinski definition) is 2. The maximum absolute atomic E-state index is 12.1. The fraction of sp³-hybridized carbons (Fsp3) is 0.600. The molecule has 2 atom stereocenters. The van der Waals surface area contributed by atoms with Crippen LogP contribution in [0, 0.1) is 0 Å². The average Bonchev–Trinajstić information content (AvgIpc) is 2.45. The van der Waals surface area contributed by atoms with Gasteiger partial charge in [0.05, 0.1) is 0 Å². The molecule has 0 heterocycles. The Morgan fingerprint density at radius 3 is 2.29 bits per heavy atom. The van der Waals surface area contributed by atoms with E-state index in [0.717, 1.165) is 24.9 Å². The van der Waals surface area contributed by atoms with Gasteiger partial charge in [0.2, 0.25) is 0 Å². The van der Waals surface area contributed by atoms with Gasteiger partial charge in [-0.1, -0.05) is 26.0 Å². The molecule has 0 spiro atoms. The lowest BCUT2D eigenvalue weighted by atomic mass is 10.0. The Labute approximate surface area is 123 Å². The van der Waals surface area contributed by atoms with Gasteiger partial charge >= 0.3 is 6.18 Å². The number of alkyl halides is 3. The first-order chi connectivity index (χ1) is 9.88. The second-order valence-corrected chi connectivity index (χ2v) is 4.85. The highest BCUT2D eigenvalue weighted by atomic mass is 19.4. The summed E-state index contributed by atoms with van der Waals surface area (Å²) >= 11 is 0. The second-order valence-electron chi connectivity index (χ2n) is 4.85. The van der Waals surface area contributed by atoms with Crippen LogP contribution in [0.15, 0.2) is 24.3 Å². The lowest BCUT2D eigenvalue weighted by Crippen LogP contribution is -2.34. The van der Waals surface area contributed by atoms with Crippen molar-refractivity contribution in [2.75, 3.05) is 13.2 Å². The van der Waals surface area contributed by atoms with E-state index in [0.29, 0.717) is 5.75 Å². The molecule has 0 aliphatic carbocycles. The number of ether oxygens (including phenoxy) is 1. The van der Waals surface area contributed by atoms with Gasteiger partial charge in [0.1, 0.15) is 12.4 Å². The molecule has 0 fully saturated rings. The predicted octanol–water partition coefficient (Wildman–Crippen LogP) is 3.44. The minimum Gasteiger partial charge on any atom is -0.491 e. The van der Waals surface area contributed by atoms with Crippen LogP contribution in [-0.4, -0.2) is 30.5 Å². The summed E-state index contributed by atoms with van der Waals surface area (Å²) in [6.45, 7) is 4.27. The molecule has 0 radical (unpaired) electrons. The molecular formula is C15H22F3NO2. The first-order valence-corrected chi connectivity index (χ1v) is 7.09. The van der Waals surface area contributed by atoms with Gasteiger partial charge in [0, 0.05) is 6.04 Å². The molecule has 0 bridgehead atoms. The lowest BCUT2D eigenvalue weighted by Gasteiger charge is -2.18. The van der Waals surface area contributed by atoms with E-state index in [1.54, 1.807) is 12.1 Å². The van der Waals surface area contributed by atoms with E-state index in [1.807, 2.05) is 12.1 Å². The number of halogens is 3. The zero-order valence-electron chi connectivity index (χ0n) is 12.3. The molecule has 1 aromatic rings. The highest BCUT2D eigenvalue weighted by Crippen LogP contribution is 2.23. The number of nitrogens with one attached hydrogen (secondary N) is 1. The molecular weight excluding hydrogens is 283 g/mol. The molecule has 0 aromatic heterocycles. The Hall–Kier alpha value is -1.27. The number of hydrogen-bond acceptors (Lipinski definition) is 3. The maximum atomic E-state index is 12.1. The standard InChI is InChI=1S/C15H22F3NO2/c1-3-9-19-13(4-2)11-5-7-12(8-6-11)21-10-14(20)15(16,17)18/h5-8,13-14,19-20H,3-4,9-10H2,1-2H3. The minimum atomic E-state index is -4.66. The molecule has 21 heavy (non-hydrogen) atoms. The van der Waals surface area contributed by atoms with Crippen LogP contribution >= 0.6 is 0 Å². The van der Waals surface area contributed by atoms with Crippen LogP contribution in [0.2, 0.25) is 0 Å². The Bertz CT molecular complexity index is 406. The monoisotopic (exact) mass is 305 g/mol. The molecule has 2 N–H and O–H groups in total. The van der Waals surface area contributed by atoms with E-state index in [1.165, 1.54) is 0 Å². The van der Waals surface area contributed by atoms with Gasteiger partial charge in [-0.15, -0.1) is 0 Å². The van der Waals surface area contributed by atoms with E-state index in [9.17, 15) is 13.2 Å². The molecule has 120 valence electrons. The molecule has 0 saturated carbocycles. The predicted molar refractivity (Wildman–Crippen MR) is 75.3 cm³/mol.